The molecule has 0 spiro atoms. The summed E-state index contributed by atoms with van der Waals surface area (Å²) < 4.78 is 5.48. The summed E-state index contributed by atoms with van der Waals surface area (Å²) in [7, 11) is 0. The van der Waals surface area contributed by atoms with Gasteiger partial charge in [-0.05, 0) is 32.9 Å². The first-order chi connectivity index (χ1) is 7.22. The molecule has 16 heavy (non-hydrogen) atoms. The molecule has 6 heteroatoms. The van der Waals surface area contributed by atoms with E-state index in [1.807, 2.05) is 20.8 Å². The zero-order chi connectivity index (χ0) is 12.5. The highest BCUT2D eigenvalue weighted by atomic mass is 35.5. The van der Waals surface area contributed by atoms with Crippen molar-refractivity contribution in [2.45, 2.75) is 26.4 Å². The highest BCUT2D eigenvalue weighted by Gasteiger charge is 2.24. The van der Waals surface area contributed by atoms with E-state index in [0.29, 0.717) is 0 Å². The van der Waals surface area contributed by atoms with Gasteiger partial charge in [-0.15, -0.1) is 0 Å². The zero-order valence-electron chi connectivity index (χ0n) is 9.08. The van der Waals surface area contributed by atoms with Gasteiger partial charge in [0.1, 0.15) is 16.4 Å². The zero-order valence-corrected chi connectivity index (χ0v) is 10.6. The number of halogens is 2. The minimum Gasteiger partial charge on any atom is -0.486 e. The molecule has 0 saturated carbocycles. The Kier molecular flexibility index (Phi) is 3.65. The summed E-state index contributed by atoms with van der Waals surface area (Å²) in [6.07, 6.45) is 0. The number of benzene rings is 1. The van der Waals surface area contributed by atoms with E-state index in [9.17, 15) is 10.1 Å². The standard InChI is InChI=1S/C10H11Cl2NO3/c1-10(2,3)16-7-5-4-6(11)9(8(7)12)13(14)15/h4-5H,1-3H3. The van der Waals surface area contributed by atoms with Crippen LogP contribution in [0.2, 0.25) is 10.0 Å². The van der Waals surface area contributed by atoms with E-state index in [2.05, 4.69) is 0 Å². The first kappa shape index (κ1) is 13.1. The minimum atomic E-state index is -0.625. The lowest BCUT2D eigenvalue weighted by Crippen LogP contribution is -2.23. The summed E-state index contributed by atoms with van der Waals surface area (Å²) >= 11 is 11.6. The molecule has 0 heterocycles. The van der Waals surface area contributed by atoms with Crippen LogP contribution in [0.4, 0.5) is 5.69 Å². The van der Waals surface area contributed by atoms with Crippen LogP contribution in [0.25, 0.3) is 0 Å². The van der Waals surface area contributed by atoms with Crippen LogP contribution in [0.5, 0.6) is 5.75 Å². The summed E-state index contributed by atoms with van der Waals surface area (Å²) in [6.45, 7) is 5.47. The Balaban J connectivity index is 3.24. The lowest BCUT2D eigenvalue weighted by molar-refractivity contribution is -0.384. The summed E-state index contributed by atoms with van der Waals surface area (Å²) in [6, 6.07) is 2.91. The van der Waals surface area contributed by atoms with Gasteiger partial charge in [0.05, 0.1) is 4.92 Å². The Hall–Kier alpha value is -1.00. The molecule has 1 aromatic carbocycles. The van der Waals surface area contributed by atoms with Crippen LogP contribution < -0.4 is 4.74 Å². The molecular formula is C10H11Cl2NO3. The van der Waals surface area contributed by atoms with E-state index in [0.717, 1.165) is 0 Å². The fourth-order valence-corrected chi connectivity index (χ4v) is 1.65. The molecule has 0 saturated heterocycles. The SMILES string of the molecule is CC(C)(C)Oc1ccc(Cl)c([N+](=O)[O-])c1Cl. The fourth-order valence-electron chi connectivity index (χ4n) is 1.10. The van der Waals surface area contributed by atoms with Crippen LogP contribution >= 0.6 is 23.2 Å². The molecule has 0 amide bonds. The average Bonchev–Trinajstić information content (AvgIpc) is 2.07. The smallest absolute Gasteiger partial charge is 0.310 e. The van der Waals surface area contributed by atoms with Crippen LogP contribution in [0.3, 0.4) is 0 Å². The number of nitrogens with zero attached hydrogens (tertiary/aromatic N) is 1. The quantitative estimate of drug-likeness (QED) is 0.597. The van der Waals surface area contributed by atoms with Gasteiger partial charge in [-0.2, -0.15) is 0 Å². The number of ether oxygens (including phenoxy) is 1. The first-order valence-corrected chi connectivity index (χ1v) is 5.29. The van der Waals surface area contributed by atoms with Gasteiger partial charge in [-0.3, -0.25) is 10.1 Å². The molecular weight excluding hydrogens is 253 g/mol. The van der Waals surface area contributed by atoms with E-state index < -0.39 is 10.5 Å². The highest BCUT2D eigenvalue weighted by Crippen LogP contribution is 2.40. The number of rotatable bonds is 2. The summed E-state index contributed by atoms with van der Waals surface area (Å²) in [5.41, 5.74) is -0.809. The van der Waals surface area contributed by atoms with Gasteiger partial charge >= 0.3 is 5.69 Å². The first-order valence-electron chi connectivity index (χ1n) is 4.54. The molecule has 0 radical (unpaired) electrons. The van der Waals surface area contributed by atoms with Crippen molar-refractivity contribution in [3.8, 4) is 5.75 Å². The molecule has 0 N–H and O–H groups in total. The second kappa shape index (κ2) is 4.47. The predicted octanol–water partition coefficient (Wildman–Crippen LogP) is 4.08. The Morgan fingerprint density at radius 1 is 1.31 bits per heavy atom. The van der Waals surface area contributed by atoms with Crippen LogP contribution in [-0.2, 0) is 0 Å². The van der Waals surface area contributed by atoms with Crippen molar-refractivity contribution in [3.05, 3.63) is 32.3 Å². The second-order valence-corrected chi connectivity index (χ2v) is 4.96. The third-order valence-corrected chi connectivity index (χ3v) is 2.30. The van der Waals surface area contributed by atoms with Gasteiger partial charge in [-0.1, -0.05) is 23.2 Å². The van der Waals surface area contributed by atoms with Gasteiger partial charge in [0.15, 0.2) is 5.02 Å². The van der Waals surface area contributed by atoms with E-state index in [1.54, 1.807) is 0 Å². The maximum atomic E-state index is 10.7. The number of hydrogen-bond donors (Lipinski definition) is 0. The van der Waals surface area contributed by atoms with E-state index in [4.69, 9.17) is 27.9 Å². The van der Waals surface area contributed by atoms with Crippen molar-refractivity contribution < 1.29 is 9.66 Å². The number of hydrogen-bond acceptors (Lipinski definition) is 3. The molecule has 0 aliphatic carbocycles. The maximum absolute atomic E-state index is 10.7. The van der Waals surface area contributed by atoms with E-state index >= 15 is 0 Å². The average molecular weight is 264 g/mol. The van der Waals surface area contributed by atoms with E-state index in [1.165, 1.54) is 12.1 Å². The van der Waals surface area contributed by atoms with Crippen LogP contribution in [0.15, 0.2) is 12.1 Å². The van der Waals surface area contributed by atoms with Crippen LogP contribution in [0, 0.1) is 10.1 Å². The number of nitro groups is 1. The van der Waals surface area contributed by atoms with Crippen molar-refractivity contribution in [2.75, 3.05) is 0 Å². The molecule has 1 aromatic rings. The fraction of sp³-hybridized carbons (Fsp3) is 0.400. The normalized spacial score (nSPS) is 11.3. The summed E-state index contributed by atoms with van der Waals surface area (Å²) in [4.78, 5) is 10.1. The molecule has 0 fully saturated rings. The molecule has 0 atom stereocenters. The van der Waals surface area contributed by atoms with Crippen molar-refractivity contribution in [1.29, 1.82) is 0 Å². The Morgan fingerprint density at radius 3 is 2.31 bits per heavy atom. The molecule has 0 aliphatic rings. The third-order valence-electron chi connectivity index (χ3n) is 1.63. The molecule has 0 unspecified atom stereocenters. The maximum Gasteiger partial charge on any atom is 0.310 e. The van der Waals surface area contributed by atoms with Crippen molar-refractivity contribution in [3.63, 3.8) is 0 Å². The van der Waals surface area contributed by atoms with E-state index in [-0.39, 0.29) is 21.5 Å². The lowest BCUT2D eigenvalue weighted by atomic mass is 10.2. The van der Waals surface area contributed by atoms with Crippen LogP contribution in [0.1, 0.15) is 20.8 Å². The largest absolute Gasteiger partial charge is 0.486 e. The molecule has 88 valence electrons. The summed E-state index contributed by atoms with van der Waals surface area (Å²) in [5.74, 6) is 0.255. The molecule has 4 nitrogen and oxygen atoms in total. The van der Waals surface area contributed by atoms with Gasteiger partial charge in [0.2, 0.25) is 0 Å². The molecule has 0 bridgehead atoms. The lowest BCUT2D eigenvalue weighted by Gasteiger charge is -2.21. The highest BCUT2D eigenvalue weighted by molar-refractivity contribution is 6.39. The van der Waals surface area contributed by atoms with Crippen LogP contribution in [-0.4, -0.2) is 10.5 Å². The van der Waals surface area contributed by atoms with Gasteiger partial charge in [0.25, 0.3) is 0 Å². The second-order valence-electron chi connectivity index (χ2n) is 4.18. The summed E-state index contributed by atoms with van der Waals surface area (Å²) in [5, 5.41) is 10.7. The minimum absolute atomic E-state index is 0.00346. The molecule has 0 aromatic heterocycles. The van der Waals surface area contributed by atoms with Gasteiger partial charge in [-0.25, -0.2) is 0 Å². The predicted molar refractivity (Wildman–Crippen MR) is 63.5 cm³/mol. The topological polar surface area (TPSA) is 52.4 Å². The molecule has 0 aliphatic heterocycles. The monoisotopic (exact) mass is 263 g/mol. The Morgan fingerprint density at radius 2 is 1.88 bits per heavy atom. The Labute approximate surface area is 103 Å². The van der Waals surface area contributed by atoms with Gasteiger partial charge in [0, 0.05) is 0 Å². The van der Waals surface area contributed by atoms with Gasteiger partial charge < -0.3 is 4.74 Å². The van der Waals surface area contributed by atoms with Crippen molar-refractivity contribution in [1.82, 2.24) is 0 Å². The Bertz CT molecular complexity index is 427. The van der Waals surface area contributed by atoms with Crippen molar-refractivity contribution >= 4 is 28.9 Å². The molecule has 1 rings (SSSR count). The third kappa shape index (κ3) is 3.00. The van der Waals surface area contributed by atoms with Crippen molar-refractivity contribution in [2.24, 2.45) is 0 Å². The number of nitro benzene ring substituents is 1.